The van der Waals surface area contributed by atoms with Crippen molar-refractivity contribution < 1.29 is 0 Å². The fourth-order valence-corrected chi connectivity index (χ4v) is 2.11. The average Bonchev–Trinajstić information content (AvgIpc) is 2.30. The number of nitrogens with zero attached hydrogens (tertiary/aromatic N) is 1. The van der Waals surface area contributed by atoms with Crippen LogP contribution in [-0.4, -0.2) is 37.6 Å². The zero-order chi connectivity index (χ0) is 13.5. The third-order valence-electron chi connectivity index (χ3n) is 2.82. The first kappa shape index (κ1) is 15.8. The molecule has 0 unspecified atom stereocenters. The van der Waals surface area contributed by atoms with Gasteiger partial charge in [-0.3, -0.25) is 0 Å². The van der Waals surface area contributed by atoms with Crippen molar-refractivity contribution in [1.29, 1.82) is 0 Å². The molecule has 1 rings (SSSR count). The summed E-state index contributed by atoms with van der Waals surface area (Å²) >= 11 is 12.1. The smallest absolute Gasteiger partial charge is 0.0439 e. The van der Waals surface area contributed by atoms with Crippen LogP contribution in [0.25, 0.3) is 0 Å². The first-order valence-corrected chi connectivity index (χ1v) is 7.10. The van der Waals surface area contributed by atoms with E-state index in [9.17, 15) is 0 Å². The van der Waals surface area contributed by atoms with Crippen LogP contribution in [0.2, 0.25) is 10.0 Å². The monoisotopic (exact) mass is 288 g/mol. The Kier molecular flexibility index (Phi) is 7.02. The zero-order valence-electron chi connectivity index (χ0n) is 11.3. The highest BCUT2D eigenvalue weighted by molar-refractivity contribution is 6.33. The van der Waals surface area contributed by atoms with Crippen LogP contribution in [-0.2, 0) is 6.42 Å². The van der Waals surface area contributed by atoms with Gasteiger partial charge in [-0.25, -0.2) is 0 Å². The van der Waals surface area contributed by atoms with Gasteiger partial charge in [-0.05, 0) is 37.2 Å². The normalized spacial score (nSPS) is 11.5. The van der Waals surface area contributed by atoms with Crippen LogP contribution in [0, 0.1) is 0 Å². The molecule has 0 saturated carbocycles. The highest BCUT2D eigenvalue weighted by Gasteiger charge is 2.04. The topological polar surface area (TPSA) is 15.3 Å². The molecular formula is C14H22Cl2N2. The quantitative estimate of drug-likeness (QED) is 0.827. The van der Waals surface area contributed by atoms with Crippen LogP contribution in [0.4, 0.5) is 0 Å². The maximum Gasteiger partial charge on any atom is 0.0439 e. The molecule has 0 spiro atoms. The van der Waals surface area contributed by atoms with Crippen LogP contribution in [0.5, 0.6) is 0 Å². The molecule has 0 atom stereocenters. The van der Waals surface area contributed by atoms with Crippen molar-refractivity contribution >= 4 is 23.2 Å². The number of nitrogens with one attached hydrogen (secondary N) is 1. The highest BCUT2D eigenvalue weighted by atomic mass is 35.5. The van der Waals surface area contributed by atoms with Gasteiger partial charge in [0.1, 0.15) is 0 Å². The maximum absolute atomic E-state index is 6.14. The molecule has 102 valence electrons. The number of halogens is 2. The predicted octanol–water partition coefficient (Wildman–Crippen LogP) is 3.47. The molecule has 0 aliphatic rings. The predicted molar refractivity (Wildman–Crippen MR) is 80.8 cm³/mol. The van der Waals surface area contributed by atoms with E-state index in [1.807, 2.05) is 18.2 Å². The summed E-state index contributed by atoms with van der Waals surface area (Å²) < 4.78 is 0. The van der Waals surface area contributed by atoms with Gasteiger partial charge in [0.2, 0.25) is 0 Å². The molecule has 18 heavy (non-hydrogen) atoms. The molecule has 0 radical (unpaired) electrons. The number of benzene rings is 1. The Morgan fingerprint density at radius 1 is 1.22 bits per heavy atom. The van der Waals surface area contributed by atoms with Gasteiger partial charge in [-0.1, -0.05) is 37.0 Å². The van der Waals surface area contributed by atoms with Crippen LogP contribution >= 0.6 is 23.2 Å². The Balaban J connectivity index is 2.33. The summed E-state index contributed by atoms with van der Waals surface area (Å²) in [7, 11) is 2.13. The van der Waals surface area contributed by atoms with Crippen molar-refractivity contribution in [3.63, 3.8) is 0 Å². The van der Waals surface area contributed by atoms with E-state index in [0.29, 0.717) is 6.04 Å². The lowest BCUT2D eigenvalue weighted by Crippen LogP contribution is -2.33. The van der Waals surface area contributed by atoms with Crippen molar-refractivity contribution in [2.45, 2.75) is 26.3 Å². The molecule has 0 bridgehead atoms. The minimum absolute atomic E-state index is 0.542. The fourth-order valence-electron chi connectivity index (χ4n) is 1.70. The first-order chi connectivity index (χ1) is 8.49. The van der Waals surface area contributed by atoms with Crippen LogP contribution < -0.4 is 5.32 Å². The van der Waals surface area contributed by atoms with E-state index in [2.05, 4.69) is 31.1 Å². The molecule has 0 heterocycles. The van der Waals surface area contributed by atoms with Gasteiger partial charge >= 0.3 is 0 Å². The van der Waals surface area contributed by atoms with Crippen LogP contribution in [0.15, 0.2) is 18.2 Å². The SMILES string of the molecule is CC(C)NCCN(C)CCc1cc(Cl)ccc1Cl. The standard InChI is InChI=1S/C14H22Cl2N2/c1-11(2)17-7-9-18(3)8-6-12-10-13(15)4-5-14(12)16/h4-5,10-11,17H,6-9H2,1-3H3. The molecule has 1 aromatic rings. The van der Waals surface area contributed by atoms with Gasteiger partial charge in [-0.2, -0.15) is 0 Å². The van der Waals surface area contributed by atoms with E-state index in [1.54, 1.807) is 0 Å². The Bertz CT molecular complexity index is 367. The minimum Gasteiger partial charge on any atom is -0.313 e. The zero-order valence-corrected chi connectivity index (χ0v) is 12.9. The summed E-state index contributed by atoms with van der Waals surface area (Å²) in [5.74, 6) is 0. The second kappa shape index (κ2) is 8.00. The fraction of sp³-hybridized carbons (Fsp3) is 0.571. The summed E-state index contributed by atoms with van der Waals surface area (Å²) in [6.07, 6.45) is 0.928. The van der Waals surface area contributed by atoms with Gasteiger partial charge in [0.15, 0.2) is 0 Å². The third-order valence-corrected chi connectivity index (χ3v) is 3.42. The lowest BCUT2D eigenvalue weighted by molar-refractivity contribution is 0.331. The number of hydrogen-bond donors (Lipinski definition) is 1. The van der Waals surface area contributed by atoms with Crippen LogP contribution in [0.3, 0.4) is 0 Å². The number of likely N-dealkylation sites (N-methyl/N-ethyl adjacent to an activating group) is 1. The van der Waals surface area contributed by atoms with E-state index < -0.39 is 0 Å². The second-order valence-corrected chi connectivity index (χ2v) is 5.74. The molecule has 1 aromatic carbocycles. The van der Waals surface area contributed by atoms with Gasteiger partial charge < -0.3 is 10.2 Å². The molecular weight excluding hydrogens is 267 g/mol. The van der Waals surface area contributed by atoms with E-state index in [4.69, 9.17) is 23.2 Å². The number of hydrogen-bond acceptors (Lipinski definition) is 2. The summed E-state index contributed by atoms with van der Waals surface area (Å²) in [6, 6.07) is 6.17. The number of rotatable bonds is 7. The lowest BCUT2D eigenvalue weighted by Gasteiger charge is -2.18. The van der Waals surface area contributed by atoms with Crippen molar-refractivity contribution in [2.24, 2.45) is 0 Å². The van der Waals surface area contributed by atoms with Crippen LogP contribution in [0.1, 0.15) is 19.4 Å². The van der Waals surface area contributed by atoms with E-state index >= 15 is 0 Å². The first-order valence-electron chi connectivity index (χ1n) is 6.35. The van der Waals surface area contributed by atoms with Gasteiger partial charge in [0.25, 0.3) is 0 Å². The van der Waals surface area contributed by atoms with Gasteiger partial charge in [0, 0.05) is 35.7 Å². The molecule has 0 saturated heterocycles. The van der Waals surface area contributed by atoms with E-state index in [1.165, 1.54) is 0 Å². The Morgan fingerprint density at radius 2 is 1.94 bits per heavy atom. The average molecular weight is 289 g/mol. The summed E-state index contributed by atoms with van der Waals surface area (Å²) in [6.45, 7) is 7.35. The van der Waals surface area contributed by atoms with E-state index in [-0.39, 0.29) is 0 Å². The Hall–Kier alpha value is -0.280. The summed E-state index contributed by atoms with van der Waals surface area (Å²) in [5, 5.41) is 4.95. The molecule has 4 heteroatoms. The largest absolute Gasteiger partial charge is 0.313 e. The van der Waals surface area contributed by atoms with Crippen molar-refractivity contribution in [3.05, 3.63) is 33.8 Å². The van der Waals surface area contributed by atoms with Gasteiger partial charge in [-0.15, -0.1) is 0 Å². The molecule has 0 fully saturated rings. The Morgan fingerprint density at radius 3 is 2.61 bits per heavy atom. The van der Waals surface area contributed by atoms with Crippen molar-refractivity contribution in [3.8, 4) is 0 Å². The summed E-state index contributed by atoms with van der Waals surface area (Å²) in [4.78, 5) is 2.30. The van der Waals surface area contributed by atoms with Crippen molar-refractivity contribution in [1.82, 2.24) is 10.2 Å². The Labute approximate surface area is 120 Å². The molecule has 0 amide bonds. The second-order valence-electron chi connectivity index (χ2n) is 4.90. The molecule has 0 aromatic heterocycles. The summed E-state index contributed by atoms with van der Waals surface area (Å²) in [5.41, 5.74) is 1.12. The highest BCUT2D eigenvalue weighted by Crippen LogP contribution is 2.21. The third kappa shape index (κ3) is 6.05. The molecule has 0 aliphatic heterocycles. The molecule has 0 aliphatic carbocycles. The van der Waals surface area contributed by atoms with Gasteiger partial charge in [0.05, 0.1) is 0 Å². The minimum atomic E-state index is 0.542. The lowest BCUT2D eigenvalue weighted by atomic mass is 10.1. The maximum atomic E-state index is 6.14. The van der Waals surface area contributed by atoms with Crippen molar-refractivity contribution in [2.75, 3.05) is 26.7 Å². The van der Waals surface area contributed by atoms with E-state index in [0.717, 1.165) is 41.7 Å². The molecule has 2 nitrogen and oxygen atoms in total. The molecule has 1 N–H and O–H groups in total.